The number of carboxylic acids is 1. The number of unbranched alkanes of at least 4 members (excludes halogenated alkanes) is 2. The van der Waals surface area contributed by atoms with Gasteiger partial charge in [0.25, 0.3) is 0 Å². The summed E-state index contributed by atoms with van der Waals surface area (Å²) >= 11 is 0. The van der Waals surface area contributed by atoms with Crippen LogP contribution < -0.4 is 0 Å². The Balaban J connectivity index is 1.95. The van der Waals surface area contributed by atoms with Crippen molar-refractivity contribution in [3.8, 4) is 23.5 Å². The van der Waals surface area contributed by atoms with Crippen molar-refractivity contribution in [1.82, 2.24) is 34.3 Å². The lowest BCUT2D eigenvalue weighted by atomic mass is 10.2. The number of carboxylic acid groups (broad SMARTS) is 1. The van der Waals surface area contributed by atoms with Crippen molar-refractivity contribution in [2.45, 2.75) is 38.8 Å². The molecule has 0 saturated heterocycles. The highest BCUT2D eigenvalue weighted by Crippen LogP contribution is 2.42. The first kappa shape index (κ1) is 40.5. The Labute approximate surface area is 278 Å². The summed E-state index contributed by atoms with van der Waals surface area (Å²) in [6.45, 7) is -0.678. The molecule has 0 aliphatic rings. The van der Waals surface area contributed by atoms with Gasteiger partial charge in [-0.05, 0) is 37.1 Å². The van der Waals surface area contributed by atoms with Crippen LogP contribution in [0.25, 0.3) is 11.6 Å². The van der Waals surface area contributed by atoms with Gasteiger partial charge in [0.15, 0.2) is 11.6 Å². The van der Waals surface area contributed by atoms with Gasteiger partial charge in [-0.25, -0.2) is 14.3 Å². The Bertz CT molecular complexity index is 1710. The average Bonchev–Trinajstić information content (AvgIpc) is 3.56. The van der Waals surface area contributed by atoms with Crippen LogP contribution in [0.1, 0.15) is 42.6 Å². The molecule has 21 nitrogen and oxygen atoms in total. The van der Waals surface area contributed by atoms with E-state index in [1.54, 1.807) is 12.1 Å². The Kier molecular flexibility index (Phi) is 14.0. The molecule has 3 aromatic heterocycles. The normalized spacial score (nSPS) is 12.8. The van der Waals surface area contributed by atoms with Crippen LogP contribution in [-0.2, 0) is 36.1 Å². The van der Waals surface area contributed by atoms with Crippen molar-refractivity contribution in [2.24, 2.45) is 0 Å². The zero-order valence-electron chi connectivity index (χ0n) is 25.5. The fourth-order valence-corrected chi connectivity index (χ4v) is 7.60. The van der Waals surface area contributed by atoms with E-state index in [9.17, 15) is 62.2 Å². The first-order chi connectivity index (χ1) is 22.5. The van der Waals surface area contributed by atoms with E-state index < -0.39 is 61.5 Å². The monoisotopic (exact) mass is 769 g/mol. The molecule has 3 aromatic rings. The van der Waals surface area contributed by atoms with Gasteiger partial charge in [0.2, 0.25) is 0 Å². The van der Waals surface area contributed by atoms with Crippen molar-refractivity contribution in [2.75, 3.05) is 25.1 Å². The molecule has 3 rings (SSSR count). The molecule has 0 bridgehead atoms. The van der Waals surface area contributed by atoms with E-state index in [0.29, 0.717) is 24.8 Å². The lowest BCUT2D eigenvalue weighted by Crippen LogP contribution is -2.26. The van der Waals surface area contributed by atoms with Crippen LogP contribution in [0.2, 0.25) is 0 Å². The summed E-state index contributed by atoms with van der Waals surface area (Å²) in [6.07, 6.45) is 0.440. The summed E-state index contributed by atoms with van der Waals surface area (Å²) in [5, 5.41) is 17.5. The van der Waals surface area contributed by atoms with E-state index in [2.05, 4.69) is 27.0 Å². The van der Waals surface area contributed by atoms with E-state index in [1.807, 2.05) is 0 Å². The third-order valence-electron chi connectivity index (χ3n) is 6.04. The van der Waals surface area contributed by atoms with Gasteiger partial charge in [-0.2, -0.15) is 10.2 Å². The summed E-state index contributed by atoms with van der Waals surface area (Å²) in [7, 11) is -18.8. The standard InChI is InChI=1S/C24H35N7O14P4/c32-24(33)6-4-2-1-3-5-19-11-22(30-9-7-20(26-30)13-28(15-46(34,35)36)16-47(37,38)39)25-23(12-19)31-10-8-21(27-31)14-29(17-48(40,41)42)18-49(43,44)45/h7-12H,1-2,4,6,13-18H2,(H,32,33)(H2,34,35,36)(H2,37,38,39)(H2,40,41,42)(H2,43,44,45). The molecule has 25 heteroatoms. The highest BCUT2D eigenvalue weighted by atomic mass is 31.2. The number of carbonyl (C=O) groups is 1. The fraction of sp³-hybridized carbons (Fsp3) is 0.417. The lowest BCUT2D eigenvalue weighted by molar-refractivity contribution is -0.137. The maximum Gasteiger partial charge on any atom is 0.339 e. The summed E-state index contributed by atoms with van der Waals surface area (Å²) in [5.41, 5.74) is 0.759. The Morgan fingerprint density at radius 2 is 1.10 bits per heavy atom. The van der Waals surface area contributed by atoms with Gasteiger partial charge in [-0.1, -0.05) is 11.8 Å². The predicted octanol–water partition coefficient (Wildman–Crippen LogP) is 0.594. The van der Waals surface area contributed by atoms with Crippen molar-refractivity contribution in [3.05, 3.63) is 53.6 Å². The molecule has 0 spiro atoms. The fourth-order valence-electron chi connectivity index (χ4n) is 4.40. The van der Waals surface area contributed by atoms with E-state index in [1.165, 1.54) is 33.9 Å². The first-order valence-corrected chi connectivity index (χ1v) is 21.2. The Morgan fingerprint density at radius 3 is 1.47 bits per heavy atom. The van der Waals surface area contributed by atoms with Crippen molar-refractivity contribution in [1.29, 1.82) is 0 Å². The second-order valence-corrected chi connectivity index (χ2v) is 17.3. The number of pyridine rings is 1. The van der Waals surface area contributed by atoms with Crippen LogP contribution >= 0.6 is 30.4 Å². The molecule has 9 N–H and O–H groups in total. The molecule has 0 saturated carbocycles. The van der Waals surface area contributed by atoms with Crippen LogP contribution in [-0.4, -0.2) is 110 Å². The molecular formula is C24H35N7O14P4. The van der Waals surface area contributed by atoms with Gasteiger partial charge in [0.1, 0.15) is 25.1 Å². The Morgan fingerprint density at radius 1 is 0.694 bits per heavy atom. The number of rotatable bonds is 18. The van der Waals surface area contributed by atoms with E-state index in [4.69, 9.17) is 5.11 Å². The smallest absolute Gasteiger partial charge is 0.339 e. The highest BCUT2D eigenvalue weighted by Gasteiger charge is 2.28. The van der Waals surface area contributed by atoms with Crippen molar-refractivity contribution in [3.63, 3.8) is 0 Å². The Hall–Kier alpha value is -2.88. The molecule has 270 valence electrons. The molecule has 0 aromatic carbocycles. The summed E-state index contributed by atoms with van der Waals surface area (Å²) in [6, 6.07) is 5.97. The first-order valence-electron chi connectivity index (χ1n) is 14.0. The summed E-state index contributed by atoms with van der Waals surface area (Å²) < 4.78 is 48.8. The maximum absolute atomic E-state index is 11.6. The number of aromatic nitrogens is 5. The van der Waals surface area contributed by atoms with Gasteiger partial charge >= 0.3 is 36.4 Å². The van der Waals surface area contributed by atoms with Crippen molar-refractivity contribution >= 4 is 36.4 Å². The molecule has 0 aliphatic heterocycles. The van der Waals surface area contributed by atoms with E-state index >= 15 is 0 Å². The largest absolute Gasteiger partial charge is 0.481 e. The molecule has 3 heterocycles. The zero-order valence-corrected chi connectivity index (χ0v) is 29.1. The van der Waals surface area contributed by atoms with Crippen LogP contribution in [0.15, 0.2) is 36.7 Å². The summed E-state index contributed by atoms with van der Waals surface area (Å²) in [5.74, 6) is 5.30. The predicted molar refractivity (Wildman–Crippen MR) is 170 cm³/mol. The summed E-state index contributed by atoms with van der Waals surface area (Å²) in [4.78, 5) is 92.0. The van der Waals surface area contributed by atoms with Gasteiger partial charge in [-0.15, -0.1) is 0 Å². The van der Waals surface area contributed by atoms with Gasteiger partial charge in [0.05, 0.1) is 11.4 Å². The number of nitrogens with zero attached hydrogens (tertiary/aromatic N) is 7. The second-order valence-electron chi connectivity index (χ2n) is 10.9. The van der Waals surface area contributed by atoms with Crippen LogP contribution in [0.3, 0.4) is 0 Å². The van der Waals surface area contributed by atoms with Crippen molar-refractivity contribution < 1.29 is 67.3 Å². The quantitative estimate of drug-likeness (QED) is 0.0486. The van der Waals surface area contributed by atoms with Gasteiger partial charge in [0, 0.05) is 43.9 Å². The molecular weight excluding hydrogens is 734 g/mol. The van der Waals surface area contributed by atoms with Gasteiger partial charge < -0.3 is 44.3 Å². The number of hydrogen-bond acceptors (Lipinski definition) is 10. The molecule has 0 aliphatic carbocycles. The molecule has 0 atom stereocenters. The SMILES string of the molecule is O=C(O)CCCCC#Cc1cc(-n2ccc(CN(CP(=O)(O)O)CP(=O)(O)O)n2)nc(-n2ccc(CN(CP(=O)(O)O)CP(=O)(O)O)n2)c1. The molecule has 0 amide bonds. The second kappa shape index (κ2) is 16.9. The van der Waals surface area contributed by atoms with E-state index in [0.717, 1.165) is 9.80 Å². The van der Waals surface area contributed by atoms with E-state index in [-0.39, 0.29) is 42.5 Å². The van der Waals surface area contributed by atoms with Crippen LogP contribution in [0, 0.1) is 11.8 Å². The topological polar surface area (TPSA) is 322 Å². The number of aliphatic carboxylic acids is 1. The zero-order chi connectivity index (χ0) is 36.6. The van der Waals surface area contributed by atoms with Crippen LogP contribution in [0.4, 0.5) is 0 Å². The van der Waals surface area contributed by atoms with Gasteiger partial charge in [-0.3, -0.25) is 32.9 Å². The maximum atomic E-state index is 11.6. The van der Waals surface area contributed by atoms with Crippen LogP contribution in [0.5, 0.6) is 0 Å². The minimum Gasteiger partial charge on any atom is -0.481 e. The molecule has 0 fully saturated rings. The average molecular weight is 769 g/mol. The molecule has 49 heavy (non-hydrogen) atoms. The lowest BCUT2D eigenvalue weighted by Gasteiger charge is -2.21. The third kappa shape index (κ3) is 16.1. The molecule has 0 unspecified atom stereocenters. The number of hydrogen-bond donors (Lipinski definition) is 9. The molecule has 0 radical (unpaired) electrons. The third-order valence-corrected chi connectivity index (χ3v) is 9.11. The highest BCUT2D eigenvalue weighted by molar-refractivity contribution is 7.53. The minimum atomic E-state index is -4.69. The minimum absolute atomic E-state index is 0.00596.